The van der Waals surface area contributed by atoms with E-state index in [0.29, 0.717) is 26.3 Å². The van der Waals surface area contributed by atoms with Gasteiger partial charge in [-0.1, -0.05) is 35.9 Å². The second kappa shape index (κ2) is 7.46. The van der Waals surface area contributed by atoms with E-state index in [1.165, 1.54) is 11.3 Å². The summed E-state index contributed by atoms with van der Waals surface area (Å²) >= 11 is 7.17. The maximum atomic E-state index is 12.5. The fourth-order valence-electron chi connectivity index (χ4n) is 2.19. The second-order valence-corrected chi connectivity index (χ2v) is 6.83. The summed E-state index contributed by atoms with van der Waals surface area (Å²) in [5, 5.41) is 7.10. The first-order valence-electron chi connectivity index (χ1n) is 7.43. The number of anilines is 2. The molecule has 0 saturated heterocycles. The average Bonchev–Trinajstić information content (AvgIpc) is 2.96. The fraction of sp³-hybridized carbons (Fsp3) is 0.0556. The molecule has 2 aromatic carbocycles. The van der Waals surface area contributed by atoms with E-state index in [4.69, 9.17) is 11.6 Å². The summed E-state index contributed by atoms with van der Waals surface area (Å²) in [6.07, 6.45) is 0. The molecule has 0 aliphatic heterocycles. The molecule has 3 aromatic rings. The highest BCUT2D eigenvalue weighted by atomic mass is 35.5. The molecule has 1 heterocycles. The van der Waals surface area contributed by atoms with Crippen molar-refractivity contribution in [3.05, 3.63) is 75.9 Å². The van der Waals surface area contributed by atoms with Gasteiger partial charge in [0, 0.05) is 16.3 Å². The largest absolute Gasteiger partial charge is 0.321 e. The first-order chi connectivity index (χ1) is 12.0. The summed E-state index contributed by atoms with van der Waals surface area (Å²) in [5.41, 5.74) is 1.24. The van der Waals surface area contributed by atoms with Gasteiger partial charge >= 0.3 is 0 Å². The molecule has 126 valence electrons. The van der Waals surface area contributed by atoms with Gasteiger partial charge < -0.3 is 10.6 Å². The number of nitrogens with one attached hydrogen (secondary N) is 2. The Bertz CT molecular complexity index is 925. The third-order valence-corrected chi connectivity index (χ3v) is 4.42. The topological polar surface area (TPSA) is 71.1 Å². The van der Waals surface area contributed by atoms with Gasteiger partial charge in [-0.05, 0) is 37.3 Å². The van der Waals surface area contributed by atoms with Crippen molar-refractivity contribution >= 4 is 45.4 Å². The Labute approximate surface area is 153 Å². The zero-order chi connectivity index (χ0) is 17.8. The van der Waals surface area contributed by atoms with Crippen molar-refractivity contribution in [2.24, 2.45) is 0 Å². The van der Waals surface area contributed by atoms with Gasteiger partial charge in [-0.2, -0.15) is 0 Å². The predicted molar refractivity (Wildman–Crippen MR) is 101 cm³/mol. The Morgan fingerprint density at radius 1 is 1.00 bits per heavy atom. The van der Waals surface area contributed by atoms with Gasteiger partial charge in [-0.15, -0.1) is 11.3 Å². The van der Waals surface area contributed by atoms with E-state index in [-0.39, 0.29) is 11.6 Å². The molecule has 0 bridgehead atoms. The van der Waals surface area contributed by atoms with Crippen molar-refractivity contribution in [1.82, 2.24) is 4.98 Å². The molecule has 2 N–H and O–H groups in total. The molecule has 0 radical (unpaired) electrons. The zero-order valence-corrected chi connectivity index (χ0v) is 14.8. The summed E-state index contributed by atoms with van der Waals surface area (Å²) in [4.78, 5) is 29.1. The normalized spacial score (nSPS) is 10.3. The average molecular weight is 372 g/mol. The Kier molecular flexibility index (Phi) is 5.11. The van der Waals surface area contributed by atoms with E-state index in [9.17, 15) is 9.59 Å². The third kappa shape index (κ3) is 4.23. The van der Waals surface area contributed by atoms with Gasteiger partial charge in [0.2, 0.25) is 0 Å². The Balaban J connectivity index is 1.80. The number of aromatic nitrogens is 1. The molecule has 25 heavy (non-hydrogen) atoms. The van der Waals surface area contributed by atoms with Gasteiger partial charge in [-0.3, -0.25) is 9.59 Å². The number of hydrogen-bond acceptors (Lipinski definition) is 4. The molecule has 5 nitrogen and oxygen atoms in total. The molecule has 0 aliphatic rings. The first kappa shape index (κ1) is 17.1. The lowest BCUT2D eigenvalue weighted by Gasteiger charge is -2.07. The lowest BCUT2D eigenvalue weighted by molar-refractivity contribution is 0.102. The van der Waals surface area contributed by atoms with Crippen LogP contribution < -0.4 is 10.6 Å². The van der Waals surface area contributed by atoms with Crippen molar-refractivity contribution in [1.29, 1.82) is 0 Å². The number of halogens is 1. The Morgan fingerprint density at radius 2 is 1.76 bits per heavy atom. The fourth-order valence-corrected chi connectivity index (χ4v) is 3.19. The zero-order valence-electron chi connectivity index (χ0n) is 13.2. The van der Waals surface area contributed by atoms with Crippen molar-refractivity contribution < 1.29 is 9.59 Å². The van der Waals surface area contributed by atoms with Gasteiger partial charge in [-0.25, -0.2) is 4.98 Å². The second-order valence-electron chi connectivity index (χ2n) is 5.20. The summed E-state index contributed by atoms with van der Waals surface area (Å²) in [6.45, 7) is 1.78. The molecule has 0 unspecified atom stereocenters. The molecule has 3 rings (SSSR count). The highest BCUT2D eigenvalue weighted by Gasteiger charge is 2.19. The van der Waals surface area contributed by atoms with Crippen molar-refractivity contribution in [3.8, 4) is 0 Å². The molecule has 1 aromatic heterocycles. The van der Waals surface area contributed by atoms with Crippen LogP contribution in [-0.4, -0.2) is 16.8 Å². The van der Waals surface area contributed by atoms with Crippen LogP contribution in [0.2, 0.25) is 5.02 Å². The van der Waals surface area contributed by atoms with Crippen molar-refractivity contribution in [3.63, 3.8) is 0 Å². The number of amides is 2. The van der Waals surface area contributed by atoms with Crippen LogP contribution in [0.25, 0.3) is 0 Å². The summed E-state index contributed by atoms with van der Waals surface area (Å²) in [6, 6.07) is 15.6. The van der Waals surface area contributed by atoms with Crippen LogP contribution in [0.4, 0.5) is 10.7 Å². The van der Waals surface area contributed by atoms with E-state index in [0.717, 1.165) is 0 Å². The standard InChI is InChI=1S/C18H14ClN3O2S/c1-11-20-15(17(24)21-14-9-5-8-13(19)10-14)18(25-11)22-16(23)12-6-3-2-4-7-12/h2-10H,1H3,(H,21,24)(H,22,23). The van der Waals surface area contributed by atoms with Crippen LogP contribution in [-0.2, 0) is 0 Å². The number of hydrogen-bond donors (Lipinski definition) is 2. The minimum atomic E-state index is -0.407. The number of nitrogens with zero attached hydrogens (tertiary/aromatic N) is 1. The molecule has 7 heteroatoms. The SMILES string of the molecule is Cc1nc(C(=O)Nc2cccc(Cl)c2)c(NC(=O)c2ccccc2)s1. The minimum absolute atomic E-state index is 0.173. The van der Waals surface area contributed by atoms with E-state index in [2.05, 4.69) is 15.6 Å². The molecule has 2 amide bonds. The molecule has 0 aliphatic carbocycles. The minimum Gasteiger partial charge on any atom is -0.321 e. The lowest BCUT2D eigenvalue weighted by atomic mass is 10.2. The van der Waals surface area contributed by atoms with E-state index >= 15 is 0 Å². The van der Waals surface area contributed by atoms with Crippen molar-refractivity contribution in [2.45, 2.75) is 6.92 Å². The predicted octanol–water partition coefficient (Wildman–Crippen LogP) is 4.61. The van der Waals surface area contributed by atoms with E-state index < -0.39 is 5.91 Å². The van der Waals surface area contributed by atoms with Crippen LogP contribution >= 0.6 is 22.9 Å². The lowest BCUT2D eigenvalue weighted by Crippen LogP contribution is -2.17. The monoisotopic (exact) mass is 371 g/mol. The maximum Gasteiger partial charge on any atom is 0.277 e. The summed E-state index contributed by atoms with van der Waals surface area (Å²) in [5.74, 6) is -0.698. The van der Waals surface area contributed by atoms with Crippen LogP contribution in [0.15, 0.2) is 54.6 Å². The quantitative estimate of drug-likeness (QED) is 0.703. The number of thiazole rings is 1. The number of aryl methyl sites for hydroxylation is 1. The van der Waals surface area contributed by atoms with Crippen LogP contribution in [0.1, 0.15) is 25.9 Å². The number of carbonyl (C=O) groups excluding carboxylic acids is 2. The molecule has 0 fully saturated rings. The highest BCUT2D eigenvalue weighted by molar-refractivity contribution is 7.16. The smallest absolute Gasteiger partial charge is 0.277 e. The number of rotatable bonds is 4. The summed E-state index contributed by atoms with van der Waals surface area (Å²) < 4.78 is 0. The molecular formula is C18H14ClN3O2S. The molecular weight excluding hydrogens is 358 g/mol. The van der Waals surface area contributed by atoms with Gasteiger partial charge in [0.15, 0.2) is 5.69 Å². The van der Waals surface area contributed by atoms with Crippen molar-refractivity contribution in [2.75, 3.05) is 10.6 Å². The summed E-state index contributed by atoms with van der Waals surface area (Å²) in [7, 11) is 0. The van der Waals surface area contributed by atoms with Crippen LogP contribution in [0.5, 0.6) is 0 Å². The Morgan fingerprint density at radius 3 is 2.48 bits per heavy atom. The molecule has 0 saturated carbocycles. The van der Waals surface area contributed by atoms with E-state index in [1.54, 1.807) is 55.5 Å². The first-order valence-corrected chi connectivity index (χ1v) is 8.63. The van der Waals surface area contributed by atoms with Gasteiger partial charge in [0.1, 0.15) is 5.00 Å². The Hall–Kier alpha value is -2.70. The third-order valence-electron chi connectivity index (χ3n) is 3.29. The van der Waals surface area contributed by atoms with Gasteiger partial charge in [0.25, 0.3) is 11.8 Å². The highest BCUT2D eigenvalue weighted by Crippen LogP contribution is 2.26. The van der Waals surface area contributed by atoms with Crippen LogP contribution in [0, 0.1) is 6.92 Å². The maximum absolute atomic E-state index is 12.5. The number of benzene rings is 2. The van der Waals surface area contributed by atoms with Crippen LogP contribution in [0.3, 0.4) is 0 Å². The molecule has 0 spiro atoms. The van der Waals surface area contributed by atoms with Gasteiger partial charge in [0.05, 0.1) is 5.01 Å². The van der Waals surface area contributed by atoms with E-state index in [1.807, 2.05) is 6.07 Å². The molecule has 0 atom stereocenters. The number of carbonyl (C=O) groups is 2.